The molecule has 1 aromatic heterocycles. The third-order valence-corrected chi connectivity index (χ3v) is 5.43. The molecule has 0 bridgehead atoms. The van der Waals surface area contributed by atoms with Gasteiger partial charge >= 0.3 is 0 Å². The van der Waals surface area contributed by atoms with E-state index < -0.39 is 0 Å². The number of aryl methyl sites for hydroxylation is 1. The molecule has 4 rings (SSSR count). The van der Waals surface area contributed by atoms with E-state index in [9.17, 15) is 4.79 Å². The Kier molecular flexibility index (Phi) is 5.58. The van der Waals surface area contributed by atoms with Gasteiger partial charge in [-0.25, -0.2) is 0 Å². The van der Waals surface area contributed by atoms with E-state index in [2.05, 4.69) is 46.6 Å². The maximum Gasteiger partial charge on any atom is 0.255 e. The molecule has 0 unspecified atom stereocenters. The van der Waals surface area contributed by atoms with Crippen LogP contribution in [0.1, 0.15) is 40.1 Å². The van der Waals surface area contributed by atoms with Crippen molar-refractivity contribution < 1.29 is 9.21 Å². The number of nitrogens with one attached hydrogen (secondary N) is 1. The summed E-state index contributed by atoms with van der Waals surface area (Å²) in [6.07, 6.45) is 4.17. The molecule has 0 atom stereocenters. The lowest BCUT2D eigenvalue weighted by molar-refractivity contribution is 0.0949. The third kappa shape index (κ3) is 4.18. The number of carbonyl (C=O) groups is 1. The van der Waals surface area contributed by atoms with E-state index in [4.69, 9.17) is 4.42 Å². The summed E-state index contributed by atoms with van der Waals surface area (Å²) in [6, 6.07) is 18.7. The van der Waals surface area contributed by atoms with Gasteiger partial charge in [-0.3, -0.25) is 9.69 Å². The van der Waals surface area contributed by atoms with Gasteiger partial charge in [0.25, 0.3) is 5.91 Å². The van der Waals surface area contributed by atoms with Crippen LogP contribution in [0.4, 0.5) is 0 Å². The topological polar surface area (TPSA) is 45.5 Å². The second-order valence-electron chi connectivity index (χ2n) is 7.41. The van der Waals surface area contributed by atoms with Crippen molar-refractivity contribution in [3.63, 3.8) is 0 Å². The lowest BCUT2D eigenvalue weighted by Gasteiger charge is -2.15. The molecule has 4 heteroatoms. The van der Waals surface area contributed by atoms with Gasteiger partial charge in [-0.05, 0) is 61.2 Å². The summed E-state index contributed by atoms with van der Waals surface area (Å²) < 4.78 is 5.23. The van der Waals surface area contributed by atoms with E-state index in [1.807, 2.05) is 12.1 Å². The Labute approximate surface area is 166 Å². The van der Waals surface area contributed by atoms with Crippen molar-refractivity contribution in [3.05, 3.63) is 83.3 Å². The van der Waals surface area contributed by atoms with E-state index >= 15 is 0 Å². The molecule has 144 valence electrons. The van der Waals surface area contributed by atoms with Crippen molar-refractivity contribution in [2.24, 2.45) is 0 Å². The van der Waals surface area contributed by atoms with Crippen LogP contribution in [0.3, 0.4) is 0 Å². The molecule has 0 saturated carbocycles. The van der Waals surface area contributed by atoms with Gasteiger partial charge in [0.1, 0.15) is 5.76 Å². The number of nitrogens with zero attached hydrogens (tertiary/aromatic N) is 1. The first-order valence-corrected chi connectivity index (χ1v) is 9.92. The van der Waals surface area contributed by atoms with Crippen LogP contribution in [-0.4, -0.2) is 23.9 Å². The molecule has 28 heavy (non-hydrogen) atoms. The highest BCUT2D eigenvalue weighted by molar-refractivity contribution is 5.95. The monoisotopic (exact) mass is 374 g/mol. The van der Waals surface area contributed by atoms with E-state index in [0.29, 0.717) is 17.9 Å². The maximum absolute atomic E-state index is 12.4. The molecule has 0 spiro atoms. The smallest absolute Gasteiger partial charge is 0.255 e. The maximum atomic E-state index is 12.4. The molecule has 0 radical (unpaired) electrons. The Bertz CT molecular complexity index is 937. The fourth-order valence-corrected chi connectivity index (χ4v) is 3.84. The molecule has 1 fully saturated rings. The van der Waals surface area contributed by atoms with Crippen LogP contribution in [-0.2, 0) is 13.1 Å². The van der Waals surface area contributed by atoms with Crippen LogP contribution in [0.2, 0.25) is 0 Å². The molecule has 3 aromatic rings. The fraction of sp³-hybridized carbons (Fsp3) is 0.292. The van der Waals surface area contributed by atoms with E-state index in [-0.39, 0.29) is 5.91 Å². The summed E-state index contributed by atoms with van der Waals surface area (Å²) in [6.45, 7) is 5.73. The third-order valence-electron chi connectivity index (χ3n) is 5.43. The molecule has 0 aliphatic carbocycles. The number of amides is 1. The average Bonchev–Trinajstić information content (AvgIpc) is 3.39. The van der Waals surface area contributed by atoms with Crippen molar-refractivity contribution in [1.82, 2.24) is 10.2 Å². The number of hydrogen-bond donors (Lipinski definition) is 1. The second-order valence-corrected chi connectivity index (χ2v) is 7.41. The normalized spacial score (nSPS) is 14.3. The molecule has 2 heterocycles. The fourth-order valence-electron chi connectivity index (χ4n) is 3.84. The van der Waals surface area contributed by atoms with Crippen LogP contribution >= 0.6 is 0 Å². The van der Waals surface area contributed by atoms with Gasteiger partial charge in [0.2, 0.25) is 0 Å². The lowest BCUT2D eigenvalue weighted by atomic mass is 9.98. The molecule has 1 aliphatic rings. The van der Waals surface area contributed by atoms with Gasteiger partial charge < -0.3 is 9.73 Å². The minimum Gasteiger partial charge on any atom is -0.469 e. The summed E-state index contributed by atoms with van der Waals surface area (Å²) in [5.74, 6) is 0.529. The lowest BCUT2D eigenvalue weighted by Crippen LogP contribution is -2.23. The largest absolute Gasteiger partial charge is 0.469 e. The SMILES string of the molecule is Cc1occc1C(=O)NCc1ccccc1-c1ccc(CN2CCCC2)cc1. The first-order valence-electron chi connectivity index (χ1n) is 9.92. The van der Waals surface area contributed by atoms with Crippen LogP contribution in [0.25, 0.3) is 11.1 Å². The first kappa shape index (κ1) is 18.5. The molecule has 1 amide bonds. The zero-order chi connectivity index (χ0) is 19.3. The van der Waals surface area contributed by atoms with E-state index in [1.54, 1.807) is 19.3 Å². The van der Waals surface area contributed by atoms with Gasteiger partial charge in [0.05, 0.1) is 11.8 Å². The molecule has 4 nitrogen and oxygen atoms in total. The summed E-state index contributed by atoms with van der Waals surface area (Å²) in [7, 11) is 0. The zero-order valence-corrected chi connectivity index (χ0v) is 16.3. The van der Waals surface area contributed by atoms with Crippen LogP contribution in [0, 0.1) is 6.92 Å². The average molecular weight is 374 g/mol. The van der Waals surface area contributed by atoms with Crippen molar-refractivity contribution in [1.29, 1.82) is 0 Å². The number of benzene rings is 2. The van der Waals surface area contributed by atoms with Crippen LogP contribution in [0.15, 0.2) is 65.3 Å². The highest BCUT2D eigenvalue weighted by Gasteiger charge is 2.13. The molecular weight excluding hydrogens is 348 g/mol. The highest BCUT2D eigenvalue weighted by Crippen LogP contribution is 2.25. The summed E-state index contributed by atoms with van der Waals surface area (Å²) in [4.78, 5) is 14.9. The minimum absolute atomic E-state index is 0.109. The van der Waals surface area contributed by atoms with Crippen molar-refractivity contribution in [2.75, 3.05) is 13.1 Å². The number of likely N-dealkylation sites (tertiary alicyclic amines) is 1. The molecule has 1 saturated heterocycles. The van der Waals surface area contributed by atoms with Crippen LogP contribution < -0.4 is 5.32 Å². The Morgan fingerprint density at radius 3 is 2.50 bits per heavy atom. The predicted molar refractivity (Wildman–Crippen MR) is 111 cm³/mol. The van der Waals surface area contributed by atoms with Gasteiger partial charge in [-0.15, -0.1) is 0 Å². The van der Waals surface area contributed by atoms with Crippen molar-refractivity contribution >= 4 is 5.91 Å². The Morgan fingerprint density at radius 2 is 1.79 bits per heavy atom. The minimum atomic E-state index is -0.109. The van der Waals surface area contributed by atoms with Crippen molar-refractivity contribution in [2.45, 2.75) is 32.9 Å². The number of furan rings is 1. The molecule has 2 aromatic carbocycles. The first-order chi connectivity index (χ1) is 13.7. The van der Waals surface area contributed by atoms with Gasteiger partial charge in [-0.2, -0.15) is 0 Å². The molecule has 1 aliphatic heterocycles. The molecule has 1 N–H and O–H groups in total. The quantitative estimate of drug-likeness (QED) is 0.675. The van der Waals surface area contributed by atoms with Gasteiger partial charge in [-0.1, -0.05) is 48.5 Å². The molecular formula is C24H26N2O2. The second kappa shape index (κ2) is 8.44. The predicted octanol–water partition coefficient (Wildman–Crippen LogP) is 4.78. The Morgan fingerprint density at radius 1 is 1.04 bits per heavy atom. The highest BCUT2D eigenvalue weighted by atomic mass is 16.3. The van der Waals surface area contributed by atoms with E-state index in [0.717, 1.165) is 17.7 Å². The summed E-state index contributed by atoms with van der Waals surface area (Å²) in [5, 5.41) is 3.01. The van der Waals surface area contributed by atoms with Gasteiger partial charge in [0, 0.05) is 13.1 Å². The number of hydrogen-bond acceptors (Lipinski definition) is 3. The number of rotatable bonds is 6. The summed E-state index contributed by atoms with van der Waals surface area (Å²) in [5.41, 5.74) is 5.37. The standard InChI is InChI=1S/C24H26N2O2/c1-18-22(12-15-28-18)24(27)25-16-21-6-2-3-7-23(21)20-10-8-19(9-11-20)17-26-13-4-5-14-26/h2-3,6-12,15H,4-5,13-14,16-17H2,1H3,(H,25,27). The summed E-state index contributed by atoms with van der Waals surface area (Å²) >= 11 is 0. The van der Waals surface area contributed by atoms with Gasteiger partial charge in [0.15, 0.2) is 0 Å². The Balaban J connectivity index is 1.46. The Hall–Kier alpha value is -2.85. The zero-order valence-electron chi connectivity index (χ0n) is 16.3. The van der Waals surface area contributed by atoms with Crippen LogP contribution in [0.5, 0.6) is 0 Å². The number of carbonyl (C=O) groups excluding carboxylic acids is 1. The van der Waals surface area contributed by atoms with E-state index in [1.165, 1.54) is 37.1 Å². The van der Waals surface area contributed by atoms with Crippen molar-refractivity contribution in [3.8, 4) is 11.1 Å².